The van der Waals surface area contributed by atoms with Crippen LogP contribution in [0.4, 0.5) is 8.78 Å². The third-order valence-corrected chi connectivity index (χ3v) is 3.57. The molecule has 1 rings (SSSR count). The average Bonchev–Trinajstić information content (AvgIpc) is 2.33. The van der Waals surface area contributed by atoms with Crippen molar-refractivity contribution in [1.29, 1.82) is 0 Å². The molecular weight excluding hydrogens is 238 g/mol. The highest BCUT2D eigenvalue weighted by molar-refractivity contribution is 4.87. The van der Waals surface area contributed by atoms with E-state index in [1.807, 2.05) is 0 Å². The van der Waals surface area contributed by atoms with Gasteiger partial charge in [0.1, 0.15) is 6.61 Å². The van der Waals surface area contributed by atoms with Gasteiger partial charge < -0.3 is 10.1 Å². The van der Waals surface area contributed by atoms with E-state index in [0.717, 1.165) is 26.1 Å². The zero-order chi connectivity index (χ0) is 13.5. The summed E-state index contributed by atoms with van der Waals surface area (Å²) in [7, 11) is 0. The van der Waals surface area contributed by atoms with Gasteiger partial charge in [0.15, 0.2) is 0 Å². The number of nitrogens with zero attached hydrogens (tertiary/aromatic N) is 1. The molecule has 1 fully saturated rings. The molecule has 2 unspecified atom stereocenters. The molecule has 0 aliphatic carbocycles. The Labute approximate surface area is 109 Å². The Morgan fingerprint density at radius 2 is 2.11 bits per heavy atom. The topological polar surface area (TPSA) is 24.5 Å². The van der Waals surface area contributed by atoms with Crippen LogP contribution in [-0.4, -0.2) is 56.3 Å². The van der Waals surface area contributed by atoms with Crippen LogP contribution in [-0.2, 0) is 4.74 Å². The van der Waals surface area contributed by atoms with Crippen molar-refractivity contribution in [2.75, 3.05) is 32.8 Å². The summed E-state index contributed by atoms with van der Waals surface area (Å²) in [5.74, 6) is 0.561. The highest BCUT2D eigenvalue weighted by Gasteiger charge is 2.28. The Hall–Kier alpha value is -0.260. The fourth-order valence-corrected chi connectivity index (χ4v) is 2.44. The SMILES string of the molecule is CCC1CN(CCOCC(F)F)C(C(C)C)CN1. The Morgan fingerprint density at radius 3 is 2.67 bits per heavy atom. The van der Waals surface area contributed by atoms with Crippen molar-refractivity contribution in [3.05, 3.63) is 0 Å². The second kappa shape index (κ2) is 8.02. The molecule has 1 aliphatic rings. The molecule has 1 saturated heterocycles. The number of ether oxygens (including phenoxy) is 1. The summed E-state index contributed by atoms with van der Waals surface area (Å²) in [5.41, 5.74) is 0. The summed E-state index contributed by atoms with van der Waals surface area (Å²) >= 11 is 0. The van der Waals surface area contributed by atoms with E-state index >= 15 is 0 Å². The molecule has 3 nitrogen and oxygen atoms in total. The highest BCUT2D eigenvalue weighted by Crippen LogP contribution is 2.16. The predicted octanol–water partition coefficient (Wildman–Crippen LogP) is 1.98. The molecule has 2 atom stereocenters. The summed E-state index contributed by atoms with van der Waals surface area (Å²) < 4.78 is 28.9. The van der Waals surface area contributed by atoms with E-state index in [9.17, 15) is 8.78 Å². The molecule has 0 aromatic rings. The van der Waals surface area contributed by atoms with Crippen molar-refractivity contribution in [2.45, 2.75) is 45.7 Å². The Kier molecular flexibility index (Phi) is 7.04. The van der Waals surface area contributed by atoms with Gasteiger partial charge in [-0.1, -0.05) is 20.8 Å². The number of nitrogens with one attached hydrogen (secondary N) is 1. The Bertz CT molecular complexity index is 227. The van der Waals surface area contributed by atoms with Gasteiger partial charge in [0.05, 0.1) is 6.61 Å². The number of hydrogen-bond acceptors (Lipinski definition) is 3. The summed E-state index contributed by atoms with van der Waals surface area (Å²) in [6.07, 6.45) is -1.27. The minimum absolute atomic E-state index is 0.393. The van der Waals surface area contributed by atoms with Gasteiger partial charge in [-0.15, -0.1) is 0 Å². The molecule has 1 N–H and O–H groups in total. The van der Waals surface area contributed by atoms with Crippen LogP contribution in [0.15, 0.2) is 0 Å². The molecule has 0 spiro atoms. The van der Waals surface area contributed by atoms with Crippen LogP contribution in [0.5, 0.6) is 0 Å². The van der Waals surface area contributed by atoms with Gasteiger partial charge in [0.25, 0.3) is 6.43 Å². The lowest BCUT2D eigenvalue weighted by molar-refractivity contribution is -0.00258. The first-order valence-electron chi connectivity index (χ1n) is 6.87. The average molecular weight is 264 g/mol. The first-order valence-corrected chi connectivity index (χ1v) is 6.87. The molecule has 0 aromatic heterocycles. The minimum Gasteiger partial charge on any atom is -0.374 e. The van der Waals surface area contributed by atoms with Crippen LogP contribution < -0.4 is 5.32 Å². The van der Waals surface area contributed by atoms with Crippen LogP contribution in [0.25, 0.3) is 0 Å². The zero-order valence-corrected chi connectivity index (χ0v) is 11.7. The summed E-state index contributed by atoms with van der Waals surface area (Å²) in [6.45, 7) is 9.21. The number of piperazine rings is 1. The zero-order valence-electron chi connectivity index (χ0n) is 11.7. The van der Waals surface area contributed by atoms with Gasteiger partial charge in [-0.3, -0.25) is 4.90 Å². The lowest BCUT2D eigenvalue weighted by atomic mass is 9.98. The second-order valence-electron chi connectivity index (χ2n) is 5.29. The van der Waals surface area contributed by atoms with E-state index in [1.54, 1.807) is 0 Å². The summed E-state index contributed by atoms with van der Waals surface area (Å²) in [5, 5.41) is 3.54. The fourth-order valence-electron chi connectivity index (χ4n) is 2.44. The molecule has 108 valence electrons. The van der Waals surface area contributed by atoms with Gasteiger partial charge in [-0.2, -0.15) is 0 Å². The van der Waals surface area contributed by atoms with Crippen molar-refractivity contribution in [1.82, 2.24) is 10.2 Å². The molecule has 5 heteroatoms. The number of rotatable bonds is 7. The van der Waals surface area contributed by atoms with E-state index in [1.165, 1.54) is 0 Å². The van der Waals surface area contributed by atoms with Crippen LogP contribution in [0.3, 0.4) is 0 Å². The third-order valence-electron chi connectivity index (χ3n) is 3.57. The lowest BCUT2D eigenvalue weighted by Gasteiger charge is -2.42. The number of hydrogen-bond donors (Lipinski definition) is 1. The van der Waals surface area contributed by atoms with E-state index in [0.29, 0.717) is 24.6 Å². The van der Waals surface area contributed by atoms with Crippen LogP contribution in [0, 0.1) is 5.92 Å². The maximum Gasteiger partial charge on any atom is 0.261 e. The molecule has 1 aliphatic heterocycles. The maximum absolute atomic E-state index is 12.0. The largest absolute Gasteiger partial charge is 0.374 e. The van der Waals surface area contributed by atoms with Crippen LogP contribution in [0.1, 0.15) is 27.2 Å². The number of halogens is 2. The van der Waals surface area contributed by atoms with E-state index in [4.69, 9.17) is 4.74 Å². The third kappa shape index (κ3) is 5.16. The first kappa shape index (κ1) is 15.8. The van der Waals surface area contributed by atoms with Gasteiger partial charge in [0.2, 0.25) is 0 Å². The van der Waals surface area contributed by atoms with Crippen LogP contribution in [0.2, 0.25) is 0 Å². The molecule has 0 aromatic carbocycles. The Balaban J connectivity index is 2.36. The molecule has 18 heavy (non-hydrogen) atoms. The van der Waals surface area contributed by atoms with E-state index < -0.39 is 13.0 Å². The highest BCUT2D eigenvalue weighted by atomic mass is 19.3. The van der Waals surface area contributed by atoms with Gasteiger partial charge in [0, 0.05) is 31.7 Å². The smallest absolute Gasteiger partial charge is 0.261 e. The van der Waals surface area contributed by atoms with Crippen molar-refractivity contribution in [3.63, 3.8) is 0 Å². The predicted molar refractivity (Wildman–Crippen MR) is 69.1 cm³/mol. The van der Waals surface area contributed by atoms with Crippen molar-refractivity contribution in [3.8, 4) is 0 Å². The molecule has 0 saturated carbocycles. The first-order chi connectivity index (χ1) is 8.54. The van der Waals surface area contributed by atoms with Gasteiger partial charge in [-0.25, -0.2) is 8.78 Å². The van der Waals surface area contributed by atoms with Crippen molar-refractivity contribution in [2.24, 2.45) is 5.92 Å². The second-order valence-corrected chi connectivity index (χ2v) is 5.29. The maximum atomic E-state index is 12.0. The quantitative estimate of drug-likeness (QED) is 0.712. The van der Waals surface area contributed by atoms with E-state index in [2.05, 4.69) is 31.0 Å². The molecule has 1 heterocycles. The van der Waals surface area contributed by atoms with Crippen molar-refractivity contribution < 1.29 is 13.5 Å². The summed E-state index contributed by atoms with van der Waals surface area (Å²) in [6, 6.07) is 0.984. The van der Waals surface area contributed by atoms with Gasteiger partial charge >= 0.3 is 0 Å². The lowest BCUT2D eigenvalue weighted by Crippen LogP contribution is -2.58. The Morgan fingerprint density at radius 1 is 1.39 bits per heavy atom. The normalized spacial score (nSPS) is 26.2. The van der Waals surface area contributed by atoms with Crippen LogP contribution >= 0.6 is 0 Å². The van der Waals surface area contributed by atoms with Crippen molar-refractivity contribution >= 4 is 0 Å². The molecule has 0 bridgehead atoms. The summed E-state index contributed by atoms with van der Waals surface area (Å²) in [4.78, 5) is 2.38. The monoisotopic (exact) mass is 264 g/mol. The standard InChI is InChI=1S/C13H26F2N2O/c1-4-11-8-17(5-6-18-9-13(14)15)12(7-16-11)10(2)3/h10-13,16H,4-9H2,1-3H3. The molecule has 0 radical (unpaired) electrons. The van der Waals surface area contributed by atoms with Gasteiger partial charge in [-0.05, 0) is 12.3 Å². The minimum atomic E-state index is -2.36. The molecular formula is C13H26F2N2O. The van der Waals surface area contributed by atoms with E-state index in [-0.39, 0.29) is 0 Å². The number of alkyl halides is 2. The fraction of sp³-hybridized carbons (Fsp3) is 1.00. The molecule has 0 amide bonds.